The summed E-state index contributed by atoms with van der Waals surface area (Å²) >= 11 is 0. The van der Waals surface area contributed by atoms with Crippen molar-refractivity contribution in [3.63, 3.8) is 0 Å². The Labute approximate surface area is 130 Å². The van der Waals surface area contributed by atoms with Crippen LogP contribution in [0.1, 0.15) is 45.4 Å². The quantitative estimate of drug-likeness (QED) is 0.861. The van der Waals surface area contributed by atoms with Crippen molar-refractivity contribution < 1.29 is 9.53 Å². The van der Waals surface area contributed by atoms with Crippen molar-refractivity contribution >= 4 is 11.7 Å². The van der Waals surface area contributed by atoms with Gasteiger partial charge < -0.3 is 19.5 Å². The van der Waals surface area contributed by atoms with E-state index in [0.29, 0.717) is 0 Å². The van der Waals surface area contributed by atoms with Crippen molar-refractivity contribution in [3.8, 4) is 0 Å². The molecule has 2 saturated heterocycles. The van der Waals surface area contributed by atoms with Crippen LogP contribution in [0.2, 0.25) is 0 Å². The van der Waals surface area contributed by atoms with E-state index in [9.17, 15) is 4.79 Å². The molecule has 2 spiro atoms. The van der Waals surface area contributed by atoms with E-state index >= 15 is 0 Å². The molecule has 1 aliphatic carbocycles. The minimum atomic E-state index is -0.382. The van der Waals surface area contributed by atoms with Gasteiger partial charge in [0.25, 0.3) is 0 Å². The molecule has 0 aromatic carbocycles. The summed E-state index contributed by atoms with van der Waals surface area (Å²) in [7, 11) is 0. The maximum atomic E-state index is 12.4. The molecule has 3 aliphatic rings. The minimum absolute atomic E-state index is 0.0258. The molecule has 6 heteroatoms. The minimum Gasteiger partial charge on any atom is -0.357 e. The molecular weight excluding hydrogens is 280 g/mol. The lowest BCUT2D eigenvalue weighted by Gasteiger charge is -2.47. The second-order valence-corrected chi connectivity index (χ2v) is 6.94. The van der Waals surface area contributed by atoms with Gasteiger partial charge in [0.15, 0.2) is 0 Å². The molecule has 0 atom stereocenters. The van der Waals surface area contributed by atoms with Crippen molar-refractivity contribution in [2.75, 3.05) is 24.6 Å². The fraction of sp³-hybridized carbons (Fsp3) is 0.750. The van der Waals surface area contributed by atoms with E-state index in [4.69, 9.17) is 4.74 Å². The summed E-state index contributed by atoms with van der Waals surface area (Å²) in [5, 5.41) is 0. The van der Waals surface area contributed by atoms with Crippen molar-refractivity contribution in [2.45, 2.75) is 56.7 Å². The molecule has 1 aromatic rings. The Bertz CT molecular complexity index is 543. The Kier molecular flexibility index (Phi) is 3.18. The fourth-order valence-corrected chi connectivity index (χ4v) is 4.74. The molecule has 1 amide bonds. The third-order valence-corrected chi connectivity index (χ3v) is 5.71. The van der Waals surface area contributed by atoms with Crippen LogP contribution in [0.15, 0.2) is 12.5 Å². The molecule has 3 heterocycles. The van der Waals surface area contributed by atoms with E-state index in [-0.39, 0.29) is 17.2 Å². The predicted octanol–water partition coefficient (Wildman–Crippen LogP) is 1.90. The van der Waals surface area contributed by atoms with Crippen molar-refractivity contribution in [2.24, 2.45) is 0 Å². The average Bonchev–Trinajstić information content (AvgIpc) is 3.23. The highest BCUT2D eigenvalue weighted by Gasteiger charge is 2.58. The van der Waals surface area contributed by atoms with Gasteiger partial charge in [-0.3, -0.25) is 4.79 Å². The fourth-order valence-electron chi connectivity index (χ4n) is 4.74. The summed E-state index contributed by atoms with van der Waals surface area (Å²) in [4.78, 5) is 24.1. The predicted molar refractivity (Wildman–Crippen MR) is 82.4 cm³/mol. The van der Waals surface area contributed by atoms with Gasteiger partial charge in [-0.25, -0.2) is 4.98 Å². The van der Waals surface area contributed by atoms with Crippen molar-refractivity contribution in [3.05, 3.63) is 12.5 Å². The molecule has 6 nitrogen and oxygen atoms in total. The van der Waals surface area contributed by atoms with Crippen LogP contribution in [0.25, 0.3) is 0 Å². The second-order valence-electron chi connectivity index (χ2n) is 6.94. The van der Waals surface area contributed by atoms with Crippen molar-refractivity contribution in [1.82, 2.24) is 14.9 Å². The van der Waals surface area contributed by atoms with Gasteiger partial charge in [0.05, 0.1) is 24.7 Å². The van der Waals surface area contributed by atoms with Crippen LogP contribution < -0.4 is 4.90 Å². The number of piperidine rings is 1. The standard InChI is InChI=1S/C16H24N4O2/c1-13(21)20-15(4-2-3-5-15)11-22-16(20)6-8-19(9-7-16)14-10-17-12-18-14/h10,12H,2-9,11H2,1H3,(H,17,18). The number of nitrogens with one attached hydrogen (secondary N) is 1. The van der Waals surface area contributed by atoms with Gasteiger partial charge in [-0.2, -0.15) is 0 Å². The first-order valence-electron chi connectivity index (χ1n) is 8.34. The Morgan fingerprint density at radius 1 is 1.27 bits per heavy atom. The first kappa shape index (κ1) is 14.1. The number of ether oxygens (including phenoxy) is 1. The Balaban J connectivity index is 1.56. The molecule has 2 aliphatic heterocycles. The summed E-state index contributed by atoms with van der Waals surface area (Å²) < 4.78 is 6.31. The molecule has 120 valence electrons. The highest BCUT2D eigenvalue weighted by atomic mass is 16.5. The van der Waals surface area contributed by atoms with Crippen LogP contribution in [-0.4, -0.2) is 51.7 Å². The third-order valence-electron chi connectivity index (χ3n) is 5.71. The number of carbonyl (C=O) groups is 1. The number of amides is 1. The van der Waals surface area contributed by atoms with Crippen LogP contribution in [0.5, 0.6) is 0 Å². The van der Waals surface area contributed by atoms with Gasteiger partial charge in [-0.1, -0.05) is 12.8 Å². The number of hydrogen-bond acceptors (Lipinski definition) is 4. The first-order chi connectivity index (χ1) is 10.7. The molecule has 0 radical (unpaired) electrons. The Morgan fingerprint density at radius 3 is 2.59 bits per heavy atom. The van der Waals surface area contributed by atoms with E-state index in [2.05, 4.69) is 19.8 Å². The number of nitrogens with zero attached hydrogens (tertiary/aromatic N) is 3. The van der Waals surface area contributed by atoms with Gasteiger partial charge in [0.1, 0.15) is 11.5 Å². The Morgan fingerprint density at radius 2 is 2.00 bits per heavy atom. The Hall–Kier alpha value is -1.56. The lowest BCUT2D eigenvalue weighted by molar-refractivity contribution is -0.156. The molecule has 22 heavy (non-hydrogen) atoms. The maximum absolute atomic E-state index is 12.4. The summed E-state index contributed by atoms with van der Waals surface area (Å²) in [6, 6.07) is 0. The zero-order chi connectivity index (χ0) is 15.2. The number of anilines is 1. The summed E-state index contributed by atoms with van der Waals surface area (Å²) in [6.07, 6.45) is 9.92. The van der Waals surface area contributed by atoms with Gasteiger partial charge in [0, 0.05) is 32.9 Å². The lowest BCUT2D eigenvalue weighted by Crippen LogP contribution is -2.60. The number of imidazole rings is 1. The van der Waals surface area contributed by atoms with Crippen molar-refractivity contribution in [1.29, 1.82) is 0 Å². The molecule has 1 N–H and O–H groups in total. The van der Waals surface area contributed by atoms with E-state index in [0.717, 1.165) is 51.2 Å². The smallest absolute Gasteiger partial charge is 0.222 e. The number of carbonyl (C=O) groups excluding carboxylic acids is 1. The summed E-state index contributed by atoms with van der Waals surface area (Å²) in [5.74, 6) is 1.23. The topological polar surface area (TPSA) is 61.5 Å². The van der Waals surface area contributed by atoms with Gasteiger partial charge in [0.2, 0.25) is 5.91 Å². The molecule has 4 rings (SSSR count). The van der Waals surface area contributed by atoms with Crippen LogP contribution in [-0.2, 0) is 9.53 Å². The third kappa shape index (κ3) is 1.96. The second kappa shape index (κ2) is 4.98. The van der Waals surface area contributed by atoms with Gasteiger partial charge in [-0.15, -0.1) is 0 Å². The van der Waals surface area contributed by atoms with E-state index in [1.54, 1.807) is 13.3 Å². The van der Waals surface area contributed by atoms with Crippen LogP contribution >= 0.6 is 0 Å². The highest BCUT2D eigenvalue weighted by Crippen LogP contribution is 2.49. The normalized spacial score (nSPS) is 26.2. The lowest BCUT2D eigenvalue weighted by atomic mass is 9.91. The maximum Gasteiger partial charge on any atom is 0.222 e. The number of aromatic amines is 1. The zero-order valence-corrected chi connectivity index (χ0v) is 13.2. The summed E-state index contributed by atoms with van der Waals surface area (Å²) in [6.45, 7) is 4.21. The largest absolute Gasteiger partial charge is 0.357 e. The zero-order valence-electron chi connectivity index (χ0n) is 13.2. The van der Waals surface area contributed by atoms with Gasteiger partial charge >= 0.3 is 0 Å². The van der Waals surface area contributed by atoms with E-state index < -0.39 is 0 Å². The average molecular weight is 304 g/mol. The number of aromatic nitrogens is 2. The monoisotopic (exact) mass is 304 g/mol. The molecular formula is C16H24N4O2. The number of H-pyrrole nitrogens is 1. The molecule has 1 saturated carbocycles. The van der Waals surface area contributed by atoms with Crippen LogP contribution in [0, 0.1) is 0 Å². The molecule has 0 bridgehead atoms. The molecule has 3 fully saturated rings. The molecule has 0 unspecified atom stereocenters. The highest BCUT2D eigenvalue weighted by molar-refractivity contribution is 5.75. The van der Waals surface area contributed by atoms with E-state index in [1.807, 2.05) is 6.20 Å². The van der Waals surface area contributed by atoms with E-state index in [1.165, 1.54) is 12.8 Å². The first-order valence-corrected chi connectivity index (χ1v) is 8.34. The van der Waals surface area contributed by atoms with Gasteiger partial charge in [-0.05, 0) is 12.8 Å². The SMILES string of the molecule is CC(=O)N1C2(CCCC2)COC12CCN(c1cnc[nH]1)CC2. The number of hydrogen-bond donors (Lipinski definition) is 1. The van der Waals surface area contributed by atoms with Crippen LogP contribution in [0.3, 0.4) is 0 Å². The summed E-state index contributed by atoms with van der Waals surface area (Å²) in [5.41, 5.74) is -0.408. The molecule has 1 aromatic heterocycles. The van der Waals surface area contributed by atoms with Crippen LogP contribution in [0.4, 0.5) is 5.82 Å². The number of rotatable bonds is 1.